The summed E-state index contributed by atoms with van der Waals surface area (Å²) in [5, 5.41) is 2.93. The Balaban J connectivity index is -0.000000529. The van der Waals surface area contributed by atoms with Crippen LogP contribution >= 0.6 is 0 Å². The molecule has 0 aromatic rings. The molecule has 0 aliphatic carbocycles. The summed E-state index contributed by atoms with van der Waals surface area (Å²) in [5.41, 5.74) is 0. The highest BCUT2D eigenvalue weighted by Gasteiger charge is 2.01. The van der Waals surface area contributed by atoms with E-state index in [0.717, 1.165) is 19.4 Å². The van der Waals surface area contributed by atoms with E-state index in [1.807, 2.05) is 13.8 Å². The van der Waals surface area contributed by atoms with E-state index in [4.69, 9.17) is 0 Å². The number of rotatable bonds is 7. The molecule has 0 fully saturated rings. The molecule has 0 radical (unpaired) electrons. The van der Waals surface area contributed by atoms with E-state index < -0.39 is 0 Å². The summed E-state index contributed by atoms with van der Waals surface area (Å²) >= 11 is 0. The fourth-order valence-electron chi connectivity index (χ4n) is 1.11. The Morgan fingerprint density at radius 2 is 1.87 bits per heavy atom. The Bertz CT molecular complexity index is 138. The molecule has 0 bridgehead atoms. The Kier molecular flexibility index (Phi) is 15.2. The van der Waals surface area contributed by atoms with Gasteiger partial charge in [-0.25, -0.2) is 0 Å². The first-order chi connectivity index (χ1) is 7.16. The molecule has 15 heavy (non-hydrogen) atoms. The molecule has 0 saturated heterocycles. The van der Waals surface area contributed by atoms with Crippen LogP contribution in [0.25, 0.3) is 0 Å². The third-order valence-electron chi connectivity index (χ3n) is 2.05. The normalized spacial score (nSPS) is 9.47. The van der Waals surface area contributed by atoms with Crippen molar-refractivity contribution in [3.05, 3.63) is 0 Å². The van der Waals surface area contributed by atoms with Crippen molar-refractivity contribution in [1.82, 2.24) is 5.32 Å². The van der Waals surface area contributed by atoms with E-state index in [0.29, 0.717) is 12.3 Å². The van der Waals surface area contributed by atoms with Crippen LogP contribution in [0.2, 0.25) is 0 Å². The molecule has 2 nitrogen and oxygen atoms in total. The van der Waals surface area contributed by atoms with Crippen molar-refractivity contribution in [3.8, 4) is 0 Å². The molecule has 0 aliphatic rings. The Hall–Kier alpha value is -0.530. The van der Waals surface area contributed by atoms with Gasteiger partial charge in [-0.15, -0.1) is 0 Å². The molecule has 0 rings (SSSR count). The second-order valence-corrected chi connectivity index (χ2v) is 3.99. The van der Waals surface area contributed by atoms with Gasteiger partial charge in [-0.05, 0) is 18.8 Å². The van der Waals surface area contributed by atoms with Gasteiger partial charge in [0.05, 0.1) is 0 Å². The van der Waals surface area contributed by atoms with Crippen molar-refractivity contribution >= 4 is 5.91 Å². The van der Waals surface area contributed by atoms with Gasteiger partial charge in [-0.3, -0.25) is 4.79 Å². The SMILES string of the molecule is CC.CCCCCNC(=O)CCC(C)C.[HH]. The molecule has 0 saturated carbocycles. The van der Waals surface area contributed by atoms with E-state index in [1.165, 1.54) is 12.8 Å². The molecular formula is C13H31NO. The molecule has 0 aromatic heterocycles. The summed E-state index contributed by atoms with van der Waals surface area (Å²) in [6.07, 6.45) is 5.22. The average Bonchev–Trinajstić information content (AvgIpc) is 2.24. The van der Waals surface area contributed by atoms with E-state index in [2.05, 4.69) is 26.1 Å². The monoisotopic (exact) mass is 217 g/mol. The summed E-state index contributed by atoms with van der Waals surface area (Å²) < 4.78 is 0. The van der Waals surface area contributed by atoms with Crippen molar-refractivity contribution in [2.45, 2.75) is 66.7 Å². The lowest BCUT2D eigenvalue weighted by atomic mass is 10.1. The van der Waals surface area contributed by atoms with Gasteiger partial charge >= 0.3 is 0 Å². The molecule has 0 spiro atoms. The van der Waals surface area contributed by atoms with Gasteiger partial charge in [-0.2, -0.15) is 0 Å². The minimum absolute atomic E-state index is 0. The van der Waals surface area contributed by atoms with Crippen molar-refractivity contribution in [2.24, 2.45) is 5.92 Å². The fraction of sp³-hybridized carbons (Fsp3) is 0.923. The zero-order chi connectivity index (χ0) is 12.1. The maximum absolute atomic E-state index is 11.2. The predicted molar refractivity (Wildman–Crippen MR) is 70.1 cm³/mol. The van der Waals surface area contributed by atoms with E-state index >= 15 is 0 Å². The summed E-state index contributed by atoms with van der Waals surface area (Å²) in [4.78, 5) is 11.2. The van der Waals surface area contributed by atoms with E-state index in [1.54, 1.807) is 0 Å². The van der Waals surface area contributed by atoms with Crippen LogP contribution in [0, 0.1) is 5.92 Å². The minimum Gasteiger partial charge on any atom is -0.356 e. The number of carbonyl (C=O) groups excluding carboxylic acids is 1. The van der Waals surface area contributed by atoms with Crippen molar-refractivity contribution in [1.29, 1.82) is 0 Å². The first-order valence-electron chi connectivity index (χ1n) is 6.43. The molecule has 94 valence electrons. The predicted octanol–water partition coefficient (Wildman–Crippen LogP) is 4.00. The summed E-state index contributed by atoms with van der Waals surface area (Å²) in [6.45, 7) is 11.3. The Morgan fingerprint density at radius 3 is 2.33 bits per heavy atom. The second-order valence-electron chi connectivity index (χ2n) is 3.99. The topological polar surface area (TPSA) is 29.1 Å². The number of nitrogens with one attached hydrogen (secondary N) is 1. The summed E-state index contributed by atoms with van der Waals surface area (Å²) in [7, 11) is 0. The summed E-state index contributed by atoms with van der Waals surface area (Å²) in [5.74, 6) is 0.839. The van der Waals surface area contributed by atoms with Crippen LogP contribution in [0.4, 0.5) is 0 Å². The first-order valence-corrected chi connectivity index (χ1v) is 6.43. The zero-order valence-electron chi connectivity index (χ0n) is 11.2. The van der Waals surface area contributed by atoms with Crippen LogP contribution in [0.1, 0.15) is 68.1 Å². The van der Waals surface area contributed by atoms with E-state index in [-0.39, 0.29) is 7.33 Å². The third-order valence-corrected chi connectivity index (χ3v) is 2.05. The Labute approximate surface area is 97.3 Å². The maximum atomic E-state index is 11.2. The van der Waals surface area contributed by atoms with Gasteiger partial charge in [0.25, 0.3) is 0 Å². The first kappa shape index (κ1) is 16.9. The minimum atomic E-state index is 0. The molecule has 1 N–H and O–H groups in total. The highest BCUT2D eigenvalue weighted by molar-refractivity contribution is 5.75. The molecule has 0 atom stereocenters. The molecule has 0 aliphatic heterocycles. The van der Waals surface area contributed by atoms with Gasteiger partial charge in [-0.1, -0.05) is 47.5 Å². The number of hydrogen-bond acceptors (Lipinski definition) is 1. The van der Waals surface area contributed by atoms with Gasteiger partial charge in [0.2, 0.25) is 5.91 Å². The van der Waals surface area contributed by atoms with Crippen LogP contribution < -0.4 is 5.32 Å². The van der Waals surface area contributed by atoms with Gasteiger partial charge in [0, 0.05) is 14.4 Å². The smallest absolute Gasteiger partial charge is 0.220 e. The lowest BCUT2D eigenvalue weighted by molar-refractivity contribution is -0.121. The number of carbonyl (C=O) groups is 1. The van der Waals surface area contributed by atoms with Gasteiger partial charge in [0.15, 0.2) is 0 Å². The third kappa shape index (κ3) is 16.2. The lowest BCUT2D eigenvalue weighted by Gasteiger charge is -2.05. The lowest BCUT2D eigenvalue weighted by Crippen LogP contribution is -2.24. The van der Waals surface area contributed by atoms with E-state index in [9.17, 15) is 4.79 Å². The van der Waals surface area contributed by atoms with Crippen molar-refractivity contribution in [2.75, 3.05) is 6.54 Å². The van der Waals surface area contributed by atoms with Gasteiger partial charge in [0.1, 0.15) is 0 Å². The van der Waals surface area contributed by atoms with Crippen molar-refractivity contribution < 1.29 is 6.22 Å². The second kappa shape index (κ2) is 13.5. The maximum Gasteiger partial charge on any atom is 0.220 e. The zero-order valence-corrected chi connectivity index (χ0v) is 11.2. The highest BCUT2D eigenvalue weighted by atomic mass is 16.1. The molecule has 0 unspecified atom stereocenters. The quantitative estimate of drug-likeness (QED) is 0.642. The van der Waals surface area contributed by atoms with Crippen LogP contribution in [0.5, 0.6) is 0 Å². The number of amides is 1. The fourth-order valence-corrected chi connectivity index (χ4v) is 1.11. The van der Waals surface area contributed by atoms with Crippen LogP contribution in [0.15, 0.2) is 0 Å². The van der Waals surface area contributed by atoms with Gasteiger partial charge < -0.3 is 5.32 Å². The van der Waals surface area contributed by atoms with Crippen LogP contribution in [-0.2, 0) is 4.79 Å². The highest BCUT2D eigenvalue weighted by Crippen LogP contribution is 2.02. The Morgan fingerprint density at radius 1 is 1.27 bits per heavy atom. The number of unbranched alkanes of at least 4 members (excludes halogenated alkanes) is 2. The average molecular weight is 217 g/mol. The molecule has 0 heterocycles. The number of hydrogen-bond donors (Lipinski definition) is 1. The van der Waals surface area contributed by atoms with Crippen molar-refractivity contribution in [3.63, 3.8) is 0 Å². The standard InChI is InChI=1S/C11H23NO.C2H6.H2/c1-4-5-6-9-12-11(13)8-7-10(2)3;1-2;/h10H,4-9H2,1-3H3,(H,12,13);1-2H3;1H. The molecule has 1 amide bonds. The van der Waals surface area contributed by atoms with Crippen LogP contribution in [0.3, 0.4) is 0 Å². The van der Waals surface area contributed by atoms with Crippen LogP contribution in [-0.4, -0.2) is 12.5 Å². The molecular weight excluding hydrogens is 186 g/mol. The molecule has 0 aromatic carbocycles. The largest absolute Gasteiger partial charge is 0.356 e. The molecule has 2 heteroatoms. The summed E-state index contributed by atoms with van der Waals surface area (Å²) in [6, 6.07) is 0.